The van der Waals surface area contributed by atoms with Crippen molar-refractivity contribution in [3.63, 3.8) is 0 Å². The molecule has 8 heteroatoms. The van der Waals surface area contributed by atoms with Crippen LogP contribution in [-0.2, 0) is 10.0 Å². The second-order valence-electron chi connectivity index (χ2n) is 5.60. The topological polar surface area (TPSA) is 49.4 Å². The van der Waals surface area contributed by atoms with Gasteiger partial charge in [0, 0.05) is 12.6 Å². The molecule has 1 aromatic carbocycles. The van der Waals surface area contributed by atoms with E-state index < -0.39 is 10.0 Å². The molecule has 2 aromatic rings. The fourth-order valence-corrected chi connectivity index (χ4v) is 5.17. The molecule has 1 aromatic heterocycles. The second kappa shape index (κ2) is 8.65. The van der Waals surface area contributed by atoms with Crippen molar-refractivity contribution in [1.29, 1.82) is 0 Å². The van der Waals surface area contributed by atoms with Gasteiger partial charge in [-0.25, -0.2) is 13.1 Å². The van der Waals surface area contributed by atoms with Crippen molar-refractivity contribution in [3.8, 4) is 0 Å². The molecule has 0 amide bonds. The monoisotopic (exact) mass is 406 g/mol. The van der Waals surface area contributed by atoms with Crippen LogP contribution in [0.15, 0.2) is 46.0 Å². The fraction of sp³-hybridized carbons (Fsp3) is 0.375. The fourth-order valence-electron chi connectivity index (χ4n) is 2.90. The van der Waals surface area contributed by atoms with E-state index >= 15 is 0 Å². The molecule has 3 rings (SSSR count). The molecular formula is C16H20Cl2N2O2S2. The van der Waals surface area contributed by atoms with Crippen LogP contribution in [0.25, 0.3) is 0 Å². The van der Waals surface area contributed by atoms with Gasteiger partial charge in [0.2, 0.25) is 10.0 Å². The highest BCUT2D eigenvalue weighted by molar-refractivity contribution is 7.89. The van der Waals surface area contributed by atoms with Gasteiger partial charge in [0.1, 0.15) is 4.90 Å². The number of thiophene rings is 1. The lowest BCUT2D eigenvalue weighted by atomic mass is 10.1. The number of nitrogens with one attached hydrogen (secondary N) is 1. The molecule has 1 N–H and O–H groups in total. The molecule has 1 unspecified atom stereocenters. The summed E-state index contributed by atoms with van der Waals surface area (Å²) < 4.78 is 27.8. The van der Waals surface area contributed by atoms with Gasteiger partial charge in [0.05, 0.1) is 5.02 Å². The van der Waals surface area contributed by atoms with Crippen molar-refractivity contribution in [1.82, 2.24) is 9.62 Å². The predicted octanol–water partition coefficient (Wildman–Crippen LogP) is 3.94. The van der Waals surface area contributed by atoms with Crippen LogP contribution in [0.1, 0.15) is 24.4 Å². The quantitative estimate of drug-likeness (QED) is 0.789. The second-order valence-corrected chi connectivity index (χ2v) is 8.52. The zero-order valence-corrected chi connectivity index (χ0v) is 16.2. The summed E-state index contributed by atoms with van der Waals surface area (Å²) in [6.45, 7) is 2.37. The zero-order valence-electron chi connectivity index (χ0n) is 13.0. The molecule has 1 aliphatic heterocycles. The van der Waals surface area contributed by atoms with Crippen LogP contribution in [-0.4, -0.2) is 33.0 Å². The Balaban J connectivity index is 0.00000208. The number of likely N-dealkylation sites (tertiary alicyclic amines) is 1. The van der Waals surface area contributed by atoms with Gasteiger partial charge in [-0.05, 0) is 60.5 Å². The van der Waals surface area contributed by atoms with E-state index in [1.54, 1.807) is 29.5 Å². The van der Waals surface area contributed by atoms with Crippen LogP contribution in [0.2, 0.25) is 5.02 Å². The lowest BCUT2D eigenvalue weighted by Crippen LogP contribution is -2.36. The number of halogens is 2. The molecule has 0 bridgehead atoms. The summed E-state index contributed by atoms with van der Waals surface area (Å²) in [5, 5.41) is 4.36. The standard InChI is InChI=1S/C16H19ClN2O2S2.ClH/c17-14-5-1-2-6-16(14)23(20,21)18-11-15(13-7-10-22-12-13)19-8-3-4-9-19;/h1-2,5-7,10,12,15,18H,3-4,8-9,11H2;1H. The summed E-state index contributed by atoms with van der Waals surface area (Å²) in [7, 11) is -3.61. The highest BCUT2D eigenvalue weighted by atomic mass is 35.5. The molecule has 132 valence electrons. The van der Waals surface area contributed by atoms with Gasteiger partial charge in [0.25, 0.3) is 0 Å². The van der Waals surface area contributed by atoms with Crippen molar-refractivity contribution in [2.75, 3.05) is 19.6 Å². The highest BCUT2D eigenvalue weighted by Crippen LogP contribution is 2.27. The zero-order chi connectivity index (χ0) is 16.3. The maximum Gasteiger partial charge on any atom is 0.242 e. The summed E-state index contributed by atoms with van der Waals surface area (Å²) >= 11 is 7.66. The van der Waals surface area contributed by atoms with Crippen molar-refractivity contribution in [3.05, 3.63) is 51.7 Å². The number of hydrogen-bond acceptors (Lipinski definition) is 4. The first-order valence-corrected chi connectivity index (χ1v) is 10.4. The third kappa shape index (κ3) is 4.50. The van der Waals surface area contributed by atoms with E-state index in [0.717, 1.165) is 25.9 Å². The Morgan fingerprint density at radius 2 is 1.92 bits per heavy atom. The van der Waals surface area contributed by atoms with E-state index in [4.69, 9.17) is 11.6 Å². The van der Waals surface area contributed by atoms with Gasteiger partial charge >= 0.3 is 0 Å². The summed E-state index contributed by atoms with van der Waals surface area (Å²) in [6, 6.07) is 8.66. The van der Waals surface area contributed by atoms with Gasteiger partial charge in [-0.15, -0.1) is 12.4 Å². The maximum atomic E-state index is 12.5. The third-order valence-corrected chi connectivity index (χ3v) is 6.73. The minimum absolute atomic E-state index is 0. The smallest absolute Gasteiger partial charge is 0.242 e. The average Bonchev–Trinajstić information content (AvgIpc) is 3.21. The Bertz CT molecular complexity index is 745. The Kier molecular flexibility index (Phi) is 7.10. The van der Waals surface area contributed by atoms with E-state index in [0.29, 0.717) is 6.54 Å². The number of rotatable bonds is 6. The molecule has 1 fully saturated rings. The largest absolute Gasteiger partial charge is 0.295 e. The lowest BCUT2D eigenvalue weighted by Gasteiger charge is -2.27. The SMILES string of the molecule is Cl.O=S(=O)(NCC(c1ccsc1)N1CCCC1)c1ccccc1Cl. The average molecular weight is 407 g/mol. The predicted molar refractivity (Wildman–Crippen MR) is 102 cm³/mol. The van der Waals surface area contributed by atoms with Crippen LogP contribution in [0.3, 0.4) is 0 Å². The lowest BCUT2D eigenvalue weighted by molar-refractivity contribution is 0.247. The van der Waals surface area contributed by atoms with Gasteiger partial charge in [0.15, 0.2) is 0 Å². The van der Waals surface area contributed by atoms with Crippen LogP contribution in [0, 0.1) is 0 Å². The molecule has 0 radical (unpaired) electrons. The van der Waals surface area contributed by atoms with E-state index in [2.05, 4.69) is 21.1 Å². The number of benzene rings is 1. The molecule has 4 nitrogen and oxygen atoms in total. The van der Waals surface area contributed by atoms with Crippen LogP contribution in [0.4, 0.5) is 0 Å². The summed E-state index contributed by atoms with van der Waals surface area (Å²) in [5.41, 5.74) is 1.17. The number of nitrogens with zero attached hydrogens (tertiary/aromatic N) is 1. The van der Waals surface area contributed by atoms with Crippen molar-refractivity contribution in [2.24, 2.45) is 0 Å². The first-order chi connectivity index (χ1) is 11.1. The van der Waals surface area contributed by atoms with Crippen molar-refractivity contribution < 1.29 is 8.42 Å². The third-order valence-electron chi connectivity index (χ3n) is 4.10. The molecule has 2 heterocycles. The molecular weight excluding hydrogens is 387 g/mol. The number of sulfonamides is 1. The molecule has 0 spiro atoms. The normalized spacial score (nSPS) is 16.7. The Labute approximate surface area is 158 Å². The van der Waals surface area contributed by atoms with Crippen LogP contribution >= 0.6 is 35.3 Å². The Morgan fingerprint density at radius 3 is 2.54 bits per heavy atom. The first kappa shape index (κ1) is 19.7. The Morgan fingerprint density at radius 1 is 1.21 bits per heavy atom. The number of hydrogen-bond donors (Lipinski definition) is 1. The minimum atomic E-state index is -3.61. The molecule has 1 atom stereocenters. The van der Waals surface area contributed by atoms with Crippen molar-refractivity contribution >= 4 is 45.4 Å². The van der Waals surface area contributed by atoms with E-state index in [9.17, 15) is 8.42 Å². The first-order valence-electron chi connectivity index (χ1n) is 7.58. The van der Waals surface area contributed by atoms with Gasteiger partial charge in [-0.1, -0.05) is 23.7 Å². The maximum absolute atomic E-state index is 12.5. The molecule has 0 saturated carbocycles. The summed E-state index contributed by atoms with van der Waals surface area (Å²) in [5.74, 6) is 0. The van der Waals surface area contributed by atoms with Gasteiger partial charge in [-0.2, -0.15) is 11.3 Å². The molecule has 1 saturated heterocycles. The van der Waals surface area contributed by atoms with E-state index in [1.165, 1.54) is 11.6 Å². The Hall–Kier alpha value is -0.630. The van der Waals surface area contributed by atoms with Crippen LogP contribution in [0.5, 0.6) is 0 Å². The summed E-state index contributed by atoms with van der Waals surface area (Å²) in [6.07, 6.45) is 2.33. The van der Waals surface area contributed by atoms with Gasteiger partial charge in [-0.3, -0.25) is 4.90 Å². The molecule has 1 aliphatic rings. The molecule has 24 heavy (non-hydrogen) atoms. The molecule has 0 aliphatic carbocycles. The van der Waals surface area contributed by atoms with E-state index in [-0.39, 0.29) is 28.4 Å². The van der Waals surface area contributed by atoms with Gasteiger partial charge < -0.3 is 0 Å². The van der Waals surface area contributed by atoms with Crippen molar-refractivity contribution in [2.45, 2.75) is 23.8 Å². The highest BCUT2D eigenvalue weighted by Gasteiger charge is 2.26. The summed E-state index contributed by atoms with van der Waals surface area (Å²) in [4.78, 5) is 2.48. The minimum Gasteiger partial charge on any atom is -0.295 e. The van der Waals surface area contributed by atoms with E-state index in [1.807, 2.05) is 5.38 Å². The van der Waals surface area contributed by atoms with Crippen LogP contribution < -0.4 is 4.72 Å².